The summed E-state index contributed by atoms with van der Waals surface area (Å²) >= 11 is 0. The molecule has 4 nitrogen and oxygen atoms in total. The van der Waals surface area contributed by atoms with Crippen LogP contribution in [-0.2, 0) is 4.74 Å². The topological polar surface area (TPSA) is 50.5 Å². The Morgan fingerprint density at radius 1 is 1.59 bits per heavy atom. The lowest BCUT2D eigenvalue weighted by molar-refractivity contribution is -0.0564. The van der Waals surface area contributed by atoms with E-state index in [0.717, 1.165) is 32.5 Å². The molecule has 3 N–H and O–H groups in total. The second-order valence-corrected chi connectivity index (χ2v) is 5.27. The Hall–Kier alpha value is -0.420. The summed E-state index contributed by atoms with van der Waals surface area (Å²) in [5, 5.41) is 0. The Kier molecular flexibility index (Phi) is 6.12. The van der Waals surface area contributed by atoms with Gasteiger partial charge in [-0.25, -0.2) is 0 Å². The number of nitrogens with one attached hydrogen (secondary N) is 1. The lowest BCUT2D eigenvalue weighted by Gasteiger charge is -2.38. The number of morpholine rings is 1. The summed E-state index contributed by atoms with van der Waals surface area (Å²) in [7, 11) is 0. The maximum atomic E-state index is 5.83. The van der Waals surface area contributed by atoms with Crippen LogP contribution in [0, 0.1) is 0 Å². The molecule has 0 bridgehead atoms. The molecule has 0 amide bonds. The zero-order valence-electron chi connectivity index (χ0n) is 11.4. The highest BCUT2D eigenvalue weighted by Gasteiger charge is 2.28. The summed E-state index contributed by atoms with van der Waals surface area (Å²) in [4.78, 5) is 2.44. The molecule has 1 aliphatic rings. The van der Waals surface area contributed by atoms with Gasteiger partial charge in [-0.3, -0.25) is 16.2 Å². The molecule has 2 unspecified atom stereocenters. The Morgan fingerprint density at radius 2 is 2.29 bits per heavy atom. The van der Waals surface area contributed by atoms with E-state index in [4.69, 9.17) is 10.6 Å². The molecule has 17 heavy (non-hydrogen) atoms. The van der Waals surface area contributed by atoms with Crippen molar-refractivity contribution in [3.05, 3.63) is 12.2 Å². The molecule has 0 aromatic carbocycles. The van der Waals surface area contributed by atoms with E-state index >= 15 is 0 Å². The molecule has 2 atom stereocenters. The SMILES string of the molecule is C=C(C)CCC(NN)C1CN(C(C)C)CCO1. The normalized spacial score (nSPS) is 23.9. The van der Waals surface area contributed by atoms with Crippen LogP contribution in [0.5, 0.6) is 0 Å². The molecule has 0 radical (unpaired) electrons. The van der Waals surface area contributed by atoms with Crippen molar-refractivity contribution in [2.24, 2.45) is 5.84 Å². The monoisotopic (exact) mass is 241 g/mol. The molecule has 0 aromatic heterocycles. The fraction of sp³-hybridized carbons (Fsp3) is 0.846. The molecule has 1 fully saturated rings. The standard InChI is InChI=1S/C13H27N3O/c1-10(2)5-6-12(15-14)13-9-16(11(3)4)7-8-17-13/h11-13,15H,1,5-9,14H2,2-4H3. The number of allylic oxidation sites excluding steroid dienone is 1. The number of hydrogen-bond donors (Lipinski definition) is 2. The molecule has 1 heterocycles. The van der Waals surface area contributed by atoms with Crippen LogP contribution in [0.1, 0.15) is 33.6 Å². The van der Waals surface area contributed by atoms with Gasteiger partial charge in [-0.2, -0.15) is 0 Å². The minimum absolute atomic E-state index is 0.190. The summed E-state index contributed by atoms with van der Waals surface area (Å²) in [6.07, 6.45) is 2.18. The first-order valence-corrected chi connectivity index (χ1v) is 6.50. The summed E-state index contributed by atoms with van der Waals surface area (Å²) in [6.45, 7) is 13.2. The minimum Gasteiger partial charge on any atom is -0.374 e. The van der Waals surface area contributed by atoms with Crippen LogP contribution in [-0.4, -0.2) is 42.8 Å². The van der Waals surface area contributed by atoms with Crippen LogP contribution in [0.25, 0.3) is 0 Å². The maximum Gasteiger partial charge on any atom is 0.0868 e. The third kappa shape index (κ3) is 4.76. The van der Waals surface area contributed by atoms with Crippen LogP contribution in [0.15, 0.2) is 12.2 Å². The number of nitrogens with two attached hydrogens (primary N) is 1. The lowest BCUT2D eigenvalue weighted by atomic mass is 10.0. The number of hydrogen-bond acceptors (Lipinski definition) is 4. The number of nitrogens with zero attached hydrogens (tertiary/aromatic N) is 1. The van der Waals surface area contributed by atoms with Crippen LogP contribution < -0.4 is 11.3 Å². The third-order valence-corrected chi connectivity index (χ3v) is 3.40. The van der Waals surface area contributed by atoms with Crippen molar-refractivity contribution in [2.75, 3.05) is 19.7 Å². The molecule has 4 heteroatoms. The van der Waals surface area contributed by atoms with Gasteiger partial charge >= 0.3 is 0 Å². The highest BCUT2D eigenvalue weighted by molar-refractivity contribution is 4.91. The number of ether oxygens (including phenoxy) is 1. The quantitative estimate of drug-likeness (QED) is 0.418. The summed E-state index contributed by atoms with van der Waals surface area (Å²) in [5.41, 5.74) is 4.09. The molecule has 0 saturated carbocycles. The first-order valence-electron chi connectivity index (χ1n) is 6.50. The number of hydrazine groups is 1. The molecule has 0 aliphatic carbocycles. The second kappa shape index (κ2) is 7.11. The van der Waals surface area contributed by atoms with Crippen molar-refractivity contribution >= 4 is 0 Å². The Bertz CT molecular complexity index is 243. The first-order chi connectivity index (χ1) is 8.04. The van der Waals surface area contributed by atoms with Gasteiger partial charge < -0.3 is 4.74 Å². The fourth-order valence-electron chi connectivity index (χ4n) is 2.19. The minimum atomic E-state index is 0.190. The van der Waals surface area contributed by atoms with Gasteiger partial charge in [0.15, 0.2) is 0 Å². The van der Waals surface area contributed by atoms with Crippen molar-refractivity contribution in [3.8, 4) is 0 Å². The highest BCUT2D eigenvalue weighted by atomic mass is 16.5. The molecule has 0 aromatic rings. The molecular formula is C13H27N3O. The number of rotatable bonds is 6. The Morgan fingerprint density at radius 3 is 2.82 bits per heavy atom. The highest BCUT2D eigenvalue weighted by Crippen LogP contribution is 2.15. The maximum absolute atomic E-state index is 5.83. The average Bonchev–Trinajstić information content (AvgIpc) is 2.30. The van der Waals surface area contributed by atoms with Crippen molar-refractivity contribution in [2.45, 2.75) is 51.8 Å². The van der Waals surface area contributed by atoms with Crippen LogP contribution in [0.4, 0.5) is 0 Å². The predicted octanol–water partition coefficient (Wildman–Crippen LogP) is 1.28. The van der Waals surface area contributed by atoms with Gasteiger partial charge in [0.05, 0.1) is 12.7 Å². The second-order valence-electron chi connectivity index (χ2n) is 5.27. The van der Waals surface area contributed by atoms with Crippen LogP contribution >= 0.6 is 0 Å². The molecule has 100 valence electrons. The first kappa shape index (κ1) is 14.6. The zero-order chi connectivity index (χ0) is 12.8. The molecule has 1 aliphatic heterocycles. The van der Waals surface area contributed by atoms with E-state index in [2.05, 4.69) is 37.7 Å². The largest absolute Gasteiger partial charge is 0.374 e. The van der Waals surface area contributed by atoms with Gasteiger partial charge in [-0.1, -0.05) is 5.57 Å². The molecule has 1 saturated heterocycles. The third-order valence-electron chi connectivity index (χ3n) is 3.40. The summed E-state index contributed by atoms with van der Waals surface area (Å²) < 4.78 is 5.83. The van der Waals surface area contributed by atoms with Gasteiger partial charge in [0, 0.05) is 25.2 Å². The molecule has 1 rings (SSSR count). The fourth-order valence-corrected chi connectivity index (χ4v) is 2.19. The van der Waals surface area contributed by atoms with Crippen molar-refractivity contribution in [1.82, 2.24) is 10.3 Å². The van der Waals surface area contributed by atoms with Gasteiger partial charge in [0.2, 0.25) is 0 Å². The molecule has 0 spiro atoms. The summed E-state index contributed by atoms with van der Waals surface area (Å²) in [5.74, 6) is 5.63. The Balaban J connectivity index is 2.47. The van der Waals surface area contributed by atoms with Crippen LogP contribution in [0.2, 0.25) is 0 Å². The van der Waals surface area contributed by atoms with Crippen molar-refractivity contribution in [3.63, 3.8) is 0 Å². The van der Waals surface area contributed by atoms with Gasteiger partial charge in [-0.15, -0.1) is 6.58 Å². The zero-order valence-corrected chi connectivity index (χ0v) is 11.4. The molecular weight excluding hydrogens is 214 g/mol. The van der Waals surface area contributed by atoms with Crippen molar-refractivity contribution in [1.29, 1.82) is 0 Å². The van der Waals surface area contributed by atoms with E-state index in [-0.39, 0.29) is 12.1 Å². The summed E-state index contributed by atoms with van der Waals surface area (Å²) in [6, 6.07) is 0.786. The van der Waals surface area contributed by atoms with Gasteiger partial charge in [0.1, 0.15) is 0 Å². The van der Waals surface area contributed by atoms with E-state index in [9.17, 15) is 0 Å². The van der Waals surface area contributed by atoms with E-state index in [1.165, 1.54) is 5.57 Å². The van der Waals surface area contributed by atoms with Crippen LogP contribution in [0.3, 0.4) is 0 Å². The van der Waals surface area contributed by atoms with E-state index in [0.29, 0.717) is 6.04 Å². The van der Waals surface area contributed by atoms with E-state index in [1.807, 2.05) is 0 Å². The van der Waals surface area contributed by atoms with E-state index in [1.54, 1.807) is 0 Å². The smallest absolute Gasteiger partial charge is 0.0868 e. The average molecular weight is 241 g/mol. The Labute approximate surface area is 105 Å². The van der Waals surface area contributed by atoms with Gasteiger partial charge in [-0.05, 0) is 33.6 Å². The predicted molar refractivity (Wildman–Crippen MR) is 71.6 cm³/mol. The lowest BCUT2D eigenvalue weighted by Crippen LogP contribution is -2.55. The van der Waals surface area contributed by atoms with Crippen molar-refractivity contribution < 1.29 is 4.74 Å². The van der Waals surface area contributed by atoms with Gasteiger partial charge in [0.25, 0.3) is 0 Å². The van der Waals surface area contributed by atoms with E-state index < -0.39 is 0 Å².